The molecule has 2 heterocycles. The number of amides is 1. The van der Waals surface area contributed by atoms with Gasteiger partial charge in [0.2, 0.25) is 6.23 Å². The van der Waals surface area contributed by atoms with E-state index in [2.05, 4.69) is 20.5 Å². The van der Waals surface area contributed by atoms with Crippen molar-refractivity contribution in [2.24, 2.45) is 5.10 Å². The third kappa shape index (κ3) is 4.17. The SMILES string of the molecule is CN(C)C(=O)c1ccc(-c2cnc(N)c(C3=NNC(c4cccc(CO)c4)O3)n2)cc1. The average molecular weight is 418 g/mol. The van der Waals surface area contributed by atoms with Crippen LogP contribution in [0.3, 0.4) is 0 Å². The summed E-state index contributed by atoms with van der Waals surface area (Å²) in [6.07, 6.45) is 1.04. The van der Waals surface area contributed by atoms with Crippen LogP contribution in [0.15, 0.2) is 59.8 Å². The first-order valence-corrected chi connectivity index (χ1v) is 9.61. The van der Waals surface area contributed by atoms with Crippen molar-refractivity contribution in [3.05, 3.63) is 77.1 Å². The highest BCUT2D eigenvalue weighted by atomic mass is 16.5. The number of ether oxygens (including phenoxy) is 1. The summed E-state index contributed by atoms with van der Waals surface area (Å²) in [5.41, 5.74) is 12.8. The molecule has 0 saturated carbocycles. The van der Waals surface area contributed by atoms with Crippen molar-refractivity contribution < 1.29 is 14.6 Å². The molecule has 31 heavy (non-hydrogen) atoms. The van der Waals surface area contributed by atoms with Crippen LogP contribution in [0.4, 0.5) is 5.82 Å². The van der Waals surface area contributed by atoms with Crippen LogP contribution < -0.4 is 11.2 Å². The predicted molar refractivity (Wildman–Crippen MR) is 116 cm³/mol. The van der Waals surface area contributed by atoms with Gasteiger partial charge in [-0.2, -0.15) is 0 Å². The maximum atomic E-state index is 12.1. The number of carbonyl (C=O) groups excluding carboxylic acids is 1. The van der Waals surface area contributed by atoms with Crippen molar-refractivity contribution in [2.75, 3.05) is 19.8 Å². The van der Waals surface area contributed by atoms with E-state index in [9.17, 15) is 9.90 Å². The molecule has 1 aliphatic heterocycles. The van der Waals surface area contributed by atoms with Crippen molar-refractivity contribution in [3.63, 3.8) is 0 Å². The second-order valence-corrected chi connectivity index (χ2v) is 7.21. The molecule has 0 saturated heterocycles. The van der Waals surface area contributed by atoms with Crippen LogP contribution in [0.25, 0.3) is 11.3 Å². The number of aliphatic hydroxyl groups excluding tert-OH is 1. The molecule has 1 atom stereocenters. The molecule has 9 nitrogen and oxygen atoms in total. The largest absolute Gasteiger partial charge is 0.445 e. The van der Waals surface area contributed by atoms with Crippen LogP contribution in [0, 0.1) is 0 Å². The number of nitrogen functional groups attached to an aromatic ring is 1. The quantitative estimate of drug-likeness (QED) is 0.578. The molecule has 1 amide bonds. The third-order valence-electron chi connectivity index (χ3n) is 4.79. The summed E-state index contributed by atoms with van der Waals surface area (Å²) in [7, 11) is 3.41. The van der Waals surface area contributed by atoms with Crippen molar-refractivity contribution >= 4 is 17.6 Å². The second-order valence-electron chi connectivity index (χ2n) is 7.21. The molecule has 9 heteroatoms. The maximum absolute atomic E-state index is 12.1. The van der Waals surface area contributed by atoms with Crippen molar-refractivity contribution in [1.82, 2.24) is 20.3 Å². The molecule has 1 unspecified atom stereocenters. The fraction of sp³-hybridized carbons (Fsp3) is 0.182. The zero-order chi connectivity index (χ0) is 22.0. The number of hydrogen-bond donors (Lipinski definition) is 3. The van der Waals surface area contributed by atoms with Gasteiger partial charge in [0.1, 0.15) is 0 Å². The molecule has 1 aliphatic rings. The van der Waals surface area contributed by atoms with Gasteiger partial charge >= 0.3 is 0 Å². The number of hydrazone groups is 1. The molecule has 1 aromatic heterocycles. The smallest absolute Gasteiger partial charge is 0.263 e. The fourth-order valence-electron chi connectivity index (χ4n) is 3.12. The van der Waals surface area contributed by atoms with Crippen molar-refractivity contribution in [2.45, 2.75) is 12.8 Å². The van der Waals surface area contributed by atoms with E-state index in [1.165, 1.54) is 4.90 Å². The number of nitrogens with two attached hydrogens (primary N) is 1. The van der Waals surface area contributed by atoms with Gasteiger partial charge in [-0.25, -0.2) is 9.97 Å². The molecule has 0 bridgehead atoms. The van der Waals surface area contributed by atoms with E-state index >= 15 is 0 Å². The zero-order valence-electron chi connectivity index (χ0n) is 17.1. The van der Waals surface area contributed by atoms with E-state index in [1.54, 1.807) is 44.6 Å². The molecule has 0 aliphatic carbocycles. The summed E-state index contributed by atoms with van der Waals surface area (Å²) in [6, 6.07) is 14.5. The number of carbonyl (C=O) groups is 1. The lowest BCUT2D eigenvalue weighted by Gasteiger charge is -2.13. The molecule has 158 valence electrons. The Morgan fingerprint density at radius 1 is 1.23 bits per heavy atom. The number of benzene rings is 2. The number of aromatic nitrogens is 2. The molecular weight excluding hydrogens is 396 g/mol. The summed E-state index contributed by atoms with van der Waals surface area (Å²) in [4.78, 5) is 22.4. The van der Waals surface area contributed by atoms with Gasteiger partial charge < -0.3 is 20.5 Å². The molecule has 0 fully saturated rings. The van der Waals surface area contributed by atoms with E-state index < -0.39 is 6.23 Å². The summed E-state index contributed by atoms with van der Waals surface area (Å²) < 4.78 is 5.91. The van der Waals surface area contributed by atoms with E-state index in [1.807, 2.05) is 24.3 Å². The van der Waals surface area contributed by atoms with Gasteiger partial charge in [0.25, 0.3) is 11.8 Å². The first kappa shape index (κ1) is 20.3. The molecule has 0 radical (unpaired) electrons. The number of anilines is 1. The Labute approximate surface area is 179 Å². The lowest BCUT2D eigenvalue weighted by Crippen LogP contribution is -2.21. The predicted octanol–water partition coefficient (Wildman–Crippen LogP) is 1.90. The average Bonchev–Trinajstić information content (AvgIpc) is 3.29. The van der Waals surface area contributed by atoms with E-state index in [0.29, 0.717) is 17.0 Å². The number of rotatable bonds is 5. The molecule has 0 spiro atoms. The van der Waals surface area contributed by atoms with E-state index in [0.717, 1.165) is 16.7 Å². The minimum atomic E-state index is -0.525. The highest BCUT2D eigenvalue weighted by Crippen LogP contribution is 2.25. The first-order valence-electron chi connectivity index (χ1n) is 9.61. The Morgan fingerprint density at radius 3 is 2.71 bits per heavy atom. The van der Waals surface area contributed by atoms with E-state index in [-0.39, 0.29) is 24.2 Å². The third-order valence-corrected chi connectivity index (χ3v) is 4.79. The Bertz CT molecular complexity index is 1140. The first-order chi connectivity index (χ1) is 15.0. The summed E-state index contributed by atoms with van der Waals surface area (Å²) in [6.45, 7) is -0.0618. The second kappa shape index (κ2) is 8.41. The minimum absolute atomic E-state index is 0.0618. The summed E-state index contributed by atoms with van der Waals surface area (Å²) in [5.74, 6) is 0.339. The number of aliphatic hydroxyl groups is 1. The minimum Gasteiger partial charge on any atom is -0.445 e. The number of hydrogen-bond acceptors (Lipinski definition) is 8. The van der Waals surface area contributed by atoms with Crippen LogP contribution in [0.5, 0.6) is 0 Å². The number of nitrogens with zero attached hydrogens (tertiary/aromatic N) is 4. The van der Waals surface area contributed by atoms with Gasteiger partial charge in [-0.1, -0.05) is 30.3 Å². The van der Waals surface area contributed by atoms with E-state index in [4.69, 9.17) is 10.5 Å². The lowest BCUT2D eigenvalue weighted by molar-refractivity contribution is 0.0827. The van der Waals surface area contributed by atoms with Gasteiger partial charge in [0.15, 0.2) is 11.5 Å². The van der Waals surface area contributed by atoms with Crippen molar-refractivity contribution in [3.8, 4) is 11.3 Å². The monoisotopic (exact) mass is 418 g/mol. The van der Waals surface area contributed by atoms with Crippen LogP contribution in [-0.2, 0) is 11.3 Å². The van der Waals surface area contributed by atoms with Crippen LogP contribution in [0.2, 0.25) is 0 Å². The highest BCUT2D eigenvalue weighted by molar-refractivity contribution is 5.97. The van der Waals surface area contributed by atoms with Gasteiger partial charge in [0.05, 0.1) is 18.5 Å². The fourth-order valence-corrected chi connectivity index (χ4v) is 3.12. The van der Waals surface area contributed by atoms with Gasteiger partial charge in [-0.3, -0.25) is 10.2 Å². The Hall–Kier alpha value is -3.98. The summed E-state index contributed by atoms with van der Waals surface area (Å²) in [5, 5.41) is 13.6. The standard InChI is InChI=1S/C22H22N6O3/c1-28(2)22(30)15-8-6-14(7-9-15)17-11-24-19(23)18(25-17)21-27-26-20(31-21)16-5-3-4-13(10-16)12-29/h3-11,20,26,29H,12H2,1-2H3,(H2,23,24). The normalized spacial score (nSPS) is 15.1. The molecule has 4 N–H and O–H groups in total. The van der Waals surface area contributed by atoms with Crippen LogP contribution in [0.1, 0.15) is 33.4 Å². The summed E-state index contributed by atoms with van der Waals surface area (Å²) >= 11 is 0. The molecule has 2 aromatic carbocycles. The zero-order valence-corrected chi connectivity index (χ0v) is 17.1. The van der Waals surface area contributed by atoms with Crippen LogP contribution in [-0.4, -0.2) is 45.9 Å². The highest BCUT2D eigenvalue weighted by Gasteiger charge is 2.26. The molecule has 4 rings (SSSR count). The Kier molecular flexibility index (Phi) is 5.50. The molecule has 3 aromatic rings. The van der Waals surface area contributed by atoms with Gasteiger partial charge in [-0.15, -0.1) is 5.10 Å². The lowest BCUT2D eigenvalue weighted by atomic mass is 10.1. The number of nitrogens with one attached hydrogen (secondary N) is 1. The maximum Gasteiger partial charge on any atom is 0.263 e. The molecular formula is C22H22N6O3. The van der Waals surface area contributed by atoms with Gasteiger partial charge in [0, 0.05) is 30.8 Å². The topological polar surface area (TPSA) is 126 Å². The van der Waals surface area contributed by atoms with Crippen LogP contribution >= 0.6 is 0 Å². The van der Waals surface area contributed by atoms with Gasteiger partial charge in [-0.05, 0) is 23.8 Å². The van der Waals surface area contributed by atoms with Crippen molar-refractivity contribution in [1.29, 1.82) is 0 Å². The Balaban J connectivity index is 1.57. The Morgan fingerprint density at radius 2 is 2.00 bits per heavy atom.